The lowest BCUT2D eigenvalue weighted by molar-refractivity contribution is 0.367. The molecule has 6 heteroatoms. The molecule has 0 radical (unpaired) electrons. The van der Waals surface area contributed by atoms with Crippen molar-refractivity contribution >= 4 is 11.6 Å². The number of rotatable bonds is 3. The molecule has 2 heterocycles. The highest BCUT2D eigenvalue weighted by molar-refractivity contribution is 6.30. The molecule has 1 aliphatic rings. The van der Waals surface area contributed by atoms with Crippen LogP contribution in [0.2, 0.25) is 5.02 Å². The van der Waals surface area contributed by atoms with Crippen molar-refractivity contribution < 1.29 is 4.74 Å². The Hall–Kier alpha value is -4.01. The Morgan fingerprint density at radius 3 is 2.23 bits per heavy atom. The number of fused-ring (bicyclic) bond motifs is 1. The average molecular weight is 425 g/mol. The van der Waals surface area contributed by atoms with Crippen LogP contribution in [0.1, 0.15) is 17.0 Å². The molecular formula is C25H17ClN4O. The third-order valence-corrected chi connectivity index (χ3v) is 5.55. The van der Waals surface area contributed by atoms with E-state index in [0.717, 1.165) is 28.1 Å². The van der Waals surface area contributed by atoms with Crippen LogP contribution in [-0.2, 0) is 0 Å². The van der Waals surface area contributed by atoms with Gasteiger partial charge in [-0.3, -0.25) is 0 Å². The lowest BCUT2D eigenvalue weighted by atomic mass is 9.83. The second kappa shape index (κ2) is 7.67. The largest absolute Gasteiger partial charge is 0.422 e. The number of nitriles is 1. The molecule has 31 heavy (non-hydrogen) atoms. The van der Waals surface area contributed by atoms with E-state index < -0.39 is 5.92 Å². The first kappa shape index (κ1) is 19.0. The fourth-order valence-electron chi connectivity index (χ4n) is 3.88. The summed E-state index contributed by atoms with van der Waals surface area (Å²) in [5.41, 5.74) is 10.8. The number of hydrogen-bond acceptors (Lipinski definition) is 4. The van der Waals surface area contributed by atoms with Gasteiger partial charge in [-0.1, -0.05) is 72.3 Å². The molecule has 0 fully saturated rings. The van der Waals surface area contributed by atoms with Crippen molar-refractivity contribution in [2.24, 2.45) is 5.73 Å². The third-order valence-electron chi connectivity index (χ3n) is 5.30. The van der Waals surface area contributed by atoms with Gasteiger partial charge in [0.15, 0.2) is 0 Å². The third kappa shape index (κ3) is 3.24. The Morgan fingerprint density at radius 1 is 0.935 bits per heavy atom. The van der Waals surface area contributed by atoms with Gasteiger partial charge in [-0.2, -0.15) is 15.0 Å². The Labute approximate surface area is 184 Å². The zero-order chi connectivity index (χ0) is 21.4. The van der Waals surface area contributed by atoms with Gasteiger partial charge in [0.2, 0.25) is 11.8 Å². The van der Waals surface area contributed by atoms with Gasteiger partial charge in [0.1, 0.15) is 17.3 Å². The topological polar surface area (TPSA) is 76.9 Å². The van der Waals surface area contributed by atoms with E-state index in [0.29, 0.717) is 16.5 Å². The van der Waals surface area contributed by atoms with Crippen molar-refractivity contribution in [3.8, 4) is 28.9 Å². The van der Waals surface area contributed by atoms with Crippen LogP contribution in [0.4, 0.5) is 0 Å². The number of nitrogens with two attached hydrogens (primary N) is 1. The van der Waals surface area contributed by atoms with Gasteiger partial charge in [0.05, 0.1) is 17.2 Å². The fourth-order valence-corrected chi connectivity index (χ4v) is 4.01. The van der Waals surface area contributed by atoms with Crippen LogP contribution in [0, 0.1) is 11.3 Å². The zero-order valence-corrected chi connectivity index (χ0v) is 17.1. The number of para-hydroxylation sites is 1. The Balaban J connectivity index is 1.83. The van der Waals surface area contributed by atoms with Gasteiger partial charge in [-0.05, 0) is 29.8 Å². The molecular weight excluding hydrogens is 408 g/mol. The van der Waals surface area contributed by atoms with Crippen LogP contribution in [0.25, 0.3) is 16.9 Å². The molecule has 0 bridgehead atoms. The maximum Gasteiger partial charge on any atom is 0.229 e. The minimum absolute atomic E-state index is 0.0756. The molecule has 4 aromatic rings. The van der Waals surface area contributed by atoms with Crippen LogP contribution in [-0.4, -0.2) is 9.78 Å². The summed E-state index contributed by atoms with van der Waals surface area (Å²) in [6, 6.07) is 29.2. The first-order valence-corrected chi connectivity index (χ1v) is 10.1. The fraction of sp³-hybridized carbons (Fsp3) is 0.0400. The smallest absolute Gasteiger partial charge is 0.229 e. The number of nitrogens with zero attached hydrogens (tertiary/aromatic N) is 3. The van der Waals surface area contributed by atoms with Crippen molar-refractivity contribution in [2.45, 2.75) is 5.92 Å². The second-order valence-electron chi connectivity index (χ2n) is 7.16. The van der Waals surface area contributed by atoms with Crippen LogP contribution in [0.5, 0.6) is 5.88 Å². The normalized spacial score (nSPS) is 15.2. The molecule has 3 aromatic carbocycles. The van der Waals surface area contributed by atoms with Crippen LogP contribution in [0.15, 0.2) is 96.4 Å². The SMILES string of the molecule is N#CC1=C(N)Oc2c(c(-c3ccccc3)nn2-c2ccccc2)[C@@H]1c1ccc(Cl)cc1. The summed E-state index contributed by atoms with van der Waals surface area (Å²) in [6.07, 6.45) is 0. The van der Waals surface area contributed by atoms with Gasteiger partial charge in [-0.25, -0.2) is 0 Å². The van der Waals surface area contributed by atoms with Crippen molar-refractivity contribution in [1.29, 1.82) is 5.26 Å². The quantitative estimate of drug-likeness (QED) is 0.477. The number of halogens is 1. The molecule has 0 amide bonds. The molecule has 5 nitrogen and oxygen atoms in total. The van der Waals surface area contributed by atoms with Crippen molar-refractivity contribution in [1.82, 2.24) is 9.78 Å². The Morgan fingerprint density at radius 2 is 1.58 bits per heavy atom. The molecule has 0 saturated heterocycles. The lowest BCUT2D eigenvalue weighted by Gasteiger charge is -2.25. The maximum atomic E-state index is 9.94. The van der Waals surface area contributed by atoms with E-state index in [1.165, 1.54) is 0 Å². The van der Waals surface area contributed by atoms with Gasteiger partial charge in [0, 0.05) is 10.6 Å². The number of benzene rings is 3. The number of hydrogen-bond donors (Lipinski definition) is 1. The first-order valence-electron chi connectivity index (χ1n) is 9.74. The summed E-state index contributed by atoms with van der Waals surface area (Å²) < 4.78 is 7.75. The van der Waals surface area contributed by atoms with E-state index in [1.54, 1.807) is 16.8 Å². The lowest BCUT2D eigenvalue weighted by Crippen LogP contribution is -2.22. The van der Waals surface area contributed by atoms with Crippen LogP contribution < -0.4 is 10.5 Å². The van der Waals surface area contributed by atoms with Gasteiger partial charge in [-0.15, -0.1) is 0 Å². The summed E-state index contributed by atoms with van der Waals surface area (Å²) >= 11 is 6.12. The molecule has 0 spiro atoms. The van der Waals surface area contributed by atoms with E-state index in [4.69, 9.17) is 27.2 Å². The van der Waals surface area contributed by atoms with E-state index in [2.05, 4.69) is 6.07 Å². The van der Waals surface area contributed by atoms with Crippen molar-refractivity contribution in [3.05, 3.63) is 113 Å². The molecule has 5 rings (SSSR count). The molecule has 2 N–H and O–H groups in total. The average Bonchev–Trinajstić information content (AvgIpc) is 3.19. The Bertz CT molecular complexity index is 1320. The van der Waals surface area contributed by atoms with Crippen molar-refractivity contribution in [3.63, 3.8) is 0 Å². The van der Waals surface area contributed by atoms with Gasteiger partial charge < -0.3 is 10.5 Å². The molecule has 1 atom stereocenters. The zero-order valence-electron chi connectivity index (χ0n) is 16.4. The summed E-state index contributed by atoms with van der Waals surface area (Å²) in [6.45, 7) is 0. The molecule has 0 aliphatic carbocycles. The van der Waals surface area contributed by atoms with E-state index in [9.17, 15) is 5.26 Å². The molecule has 1 aliphatic heterocycles. The van der Waals surface area contributed by atoms with Gasteiger partial charge in [0.25, 0.3) is 0 Å². The van der Waals surface area contributed by atoms with E-state index >= 15 is 0 Å². The van der Waals surface area contributed by atoms with Crippen molar-refractivity contribution in [2.75, 3.05) is 0 Å². The highest BCUT2D eigenvalue weighted by Gasteiger charge is 2.37. The van der Waals surface area contributed by atoms with Crippen LogP contribution in [0.3, 0.4) is 0 Å². The molecule has 1 aromatic heterocycles. The number of aromatic nitrogens is 2. The minimum Gasteiger partial charge on any atom is -0.422 e. The predicted molar refractivity (Wildman–Crippen MR) is 120 cm³/mol. The number of allylic oxidation sites excluding steroid dienone is 1. The summed E-state index contributed by atoms with van der Waals surface area (Å²) in [5.74, 6) is 0.145. The molecule has 0 saturated carbocycles. The van der Waals surface area contributed by atoms with Crippen LogP contribution >= 0.6 is 11.6 Å². The predicted octanol–water partition coefficient (Wildman–Crippen LogP) is 5.41. The molecule has 0 unspecified atom stereocenters. The summed E-state index contributed by atoms with van der Waals surface area (Å²) in [7, 11) is 0. The first-order chi connectivity index (χ1) is 15.2. The maximum absolute atomic E-state index is 9.94. The second-order valence-corrected chi connectivity index (χ2v) is 7.59. The molecule has 150 valence electrons. The summed E-state index contributed by atoms with van der Waals surface area (Å²) in [5, 5.41) is 15.5. The minimum atomic E-state index is -0.432. The monoisotopic (exact) mass is 424 g/mol. The highest BCUT2D eigenvalue weighted by Crippen LogP contribution is 2.47. The van der Waals surface area contributed by atoms with E-state index in [-0.39, 0.29) is 5.88 Å². The summed E-state index contributed by atoms with van der Waals surface area (Å²) in [4.78, 5) is 0. The Kier molecular flexibility index (Phi) is 4.70. The van der Waals surface area contributed by atoms with Gasteiger partial charge >= 0.3 is 0 Å². The van der Waals surface area contributed by atoms with E-state index in [1.807, 2.05) is 72.8 Å². The standard InChI is InChI=1S/C25H17ClN4O/c26-18-13-11-16(12-14-18)21-20(15-27)24(28)31-25-22(21)23(17-7-3-1-4-8-17)29-30(25)19-9-5-2-6-10-19/h1-14,21H,28H2/t21-/m1/s1. The highest BCUT2D eigenvalue weighted by atomic mass is 35.5. The number of ether oxygens (including phenoxy) is 1.